The third-order valence-electron chi connectivity index (χ3n) is 3.19. The molecule has 18 heavy (non-hydrogen) atoms. The van der Waals surface area contributed by atoms with Crippen LogP contribution in [0.5, 0.6) is 0 Å². The first-order chi connectivity index (χ1) is 8.70. The van der Waals surface area contributed by atoms with Crippen LogP contribution in [0.2, 0.25) is 0 Å². The Bertz CT molecular complexity index is 658. The van der Waals surface area contributed by atoms with Crippen LogP contribution in [-0.4, -0.2) is 16.7 Å². The summed E-state index contributed by atoms with van der Waals surface area (Å²) < 4.78 is 0. The van der Waals surface area contributed by atoms with Gasteiger partial charge in [0, 0.05) is 16.7 Å². The first kappa shape index (κ1) is 10.9. The minimum Gasteiger partial charge on any atom is -0.380 e. The molecular weight excluding hydrogens is 228 g/mol. The van der Waals surface area contributed by atoms with Gasteiger partial charge in [0.2, 0.25) is 0 Å². The van der Waals surface area contributed by atoms with Gasteiger partial charge < -0.3 is 5.11 Å². The van der Waals surface area contributed by atoms with Crippen molar-refractivity contribution >= 4 is 11.6 Å². The lowest BCUT2D eigenvalue weighted by atomic mass is 9.99. The smallest absolute Gasteiger partial charge is 0.196 e. The number of hydrogen-bond donors (Lipinski definition) is 1. The molecule has 0 saturated carbocycles. The maximum atomic E-state index is 12.4. The number of rotatable bonds is 0. The molecule has 3 nitrogen and oxygen atoms in total. The van der Waals surface area contributed by atoms with E-state index in [-0.39, 0.29) is 11.3 Å². The van der Waals surface area contributed by atoms with Gasteiger partial charge in [0.25, 0.3) is 0 Å². The first-order valence-electron chi connectivity index (χ1n) is 5.65. The third-order valence-corrected chi connectivity index (χ3v) is 3.19. The van der Waals surface area contributed by atoms with Crippen LogP contribution in [0, 0.1) is 0 Å². The van der Waals surface area contributed by atoms with Crippen molar-refractivity contribution in [3.05, 3.63) is 70.8 Å². The van der Waals surface area contributed by atoms with Crippen molar-refractivity contribution in [2.24, 2.45) is 0 Å². The van der Waals surface area contributed by atoms with E-state index < -0.39 is 11.9 Å². The number of carbonyl (C=O) groups excluding carboxylic acids is 2. The number of hydrogen-bond acceptors (Lipinski definition) is 3. The van der Waals surface area contributed by atoms with Gasteiger partial charge in [0.05, 0.1) is 0 Å². The van der Waals surface area contributed by atoms with E-state index in [4.69, 9.17) is 0 Å². The van der Waals surface area contributed by atoms with Crippen LogP contribution < -0.4 is 0 Å². The Morgan fingerprint density at radius 1 is 0.778 bits per heavy atom. The minimum absolute atomic E-state index is 0.217. The lowest BCUT2D eigenvalue weighted by Gasteiger charge is -2.09. The minimum atomic E-state index is -1.27. The van der Waals surface area contributed by atoms with Crippen LogP contribution in [0.4, 0.5) is 0 Å². The zero-order chi connectivity index (χ0) is 12.7. The number of Topliss-reactive ketones (excluding diaryl/α,β-unsaturated/α-hetero) is 1. The molecule has 0 saturated heterocycles. The van der Waals surface area contributed by atoms with Gasteiger partial charge in [0.15, 0.2) is 11.6 Å². The molecule has 1 aliphatic carbocycles. The second kappa shape index (κ2) is 3.89. The Kier molecular flexibility index (Phi) is 2.35. The van der Waals surface area contributed by atoms with E-state index in [1.54, 1.807) is 48.5 Å². The van der Waals surface area contributed by atoms with Crippen LogP contribution in [0.15, 0.2) is 48.5 Å². The van der Waals surface area contributed by atoms with E-state index >= 15 is 0 Å². The van der Waals surface area contributed by atoms with Crippen molar-refractivity contribution in [1.82, 2.24) is 0 Å². The number of fused-ring (bicyclic) bond motifs is 2. The molecule has 0 radical (unpaired) electrons. The summed E-state index contributed by atoms with van der Waals surface area (Å²) in [4.78, 5) is 24.5. The normalized spacial score (nSPS) is 17.9. The van der Waals surface area contributed by atoms with Crippen molar-refractivity contribution in [2.75, 3.05) is 0 Å². The van der Waals surface area contributed by atoms with Crippen molar-refractivity contribution in [1.29, 1.82) is 0 Å². The van der Waals surface area contributed by atoms with Gasteiger partial charge in [-0.15, -0.1) is 0 Å². The van der Waals surface area contributed by atoms with Gasteiger partial charge in [-0.3, -0.25) is 9.59 Å². The fourth-order valence-corrected chi connectivity index (χ4v) is 2.27. The molecule has 3 heteroatoms. The van der Waals surface area contributed by atoms with Crippen LogP contribution in [0.1, 0.15) is 37.9 Å². The van der Waals surface area contributed by atoms with E-state index in [0.717, 1.165) is 0 Å². The Labute approximate surface area is 104 Å². The second-order valence-corrected chi connectivity index (χ2v) is 4.23. The molecular formula is C15H10O3. The highest BCUT2D eigenvalue weighted by Gasteiger charge is 2.31. The van der Waals surface area contributed by atoms with E-state index in [9.17, 15) is 14.7 Å². The Balaban J connectivity index is 2.35. The van der Waals surface area contributed by atoms with Gasteiger partial charge in [-0.05, 0) is 5.56 Å². The monoisotopic (exact) mass is 238 g/mol. The summed E-state index contributed by atoms with van der Waals surface area (Å²) in [6, 6.07) is 13.3. The van der Waals surface area contributed by atoms with Crippen LogP contribution in [0.25, 0.3) is 0 Å². The second-order valence-electron chi connectivity index (χ2n) is 4.23. The zero-order valence-corrected chi connectivity index (χ0v) is 9.46. The largest absolute Gasteiger partial charge is 0.380 e. The molecule has 0 amide bonds. The van der Waals surface area contributed by atoms with Gasteiger partial charge in [0.1, 0.15) is 6.10 Å². The maximum absolute atomic E-state index is 12.4. The predicted molar refractivity (Wildman–Crippen MR) is 65.6 cm³/mol. The summed E-state index contributed by atoms with van der Waals surface area (Å²) >= 11 is 0. The summed E-state index contributed by atoms with van der Waals surface area (Å²) in [5, 5.41) is 10.1. The summed E-state index contributed by atoms with van der Waals surface area (Å²) in [7, 11) is 0. The Morgan fingerprint density at radius 2 is 1.33 bits per heavy atom. The molecule has 0 spiro atoms. The van der Waals surface area contributed by atoms with Crippen LogP contribution in [0.3, 0.4) is 0 Å². The molecule has 0 bridgehead atoms. The summed E-state index contributed by atoms with van der Waals surface area (Å²) in [5.41, 5.74) is 1.41. The topological polar surface area (TPSA) is 54.4 Å². The highest BCUT2D eigenvalue weighted by molar-refractivity contribution is 6.19. The van der Waals surface area contributed by atoms with Gasteiger partial charge in [-0.2, -0.15) is 0 Å². The standard InChI is InChI=1S/C15H10O3/c16-13-9-5-1-3-7-11(9)14(17)15(18)12-8-4-2-6-10(12)13/h1-8,14,17H. The molecule has 0 heterocycles. The first-order valence-corrected chi connectivity index (χ1v) is 5.65. The number of carbonyl (C=O) groups is 2. The van der Waals surface area contributed by atoms with Crippen molar-refractivity contribution in [3.63, 3.8) is 0 Å². The highest BCUT2D eigenvalue weighted by Crippen LogP contribution is 2.30. The van der Waals surface area contributed by atoms with Gasteiger partial charge in [-0.1, -0.05) is 48.5 Å². The molecule has 0 aliphatic heterocycles. The molecule has 1 N–H and O–H groups in total. The molecule has 0 fully saturated rings. The van der Waals surface area contributed by atoms with Crippen LogP contribution >= 0.6 is 0 Å². The van der Waals surface area contributed by atoms with Crippen LogP contribution in [-0.2, 0) is 0 Å². The number of aliphatic hydroxyl groups excluding tert-OH is 1. The molecule has 3 rings (SSSR count). The fraction of sp³-hybridized carbons (Fsp3) is 0.0667. The molecule has 2 aromatic rings. The van der Waals surface area contributed by atoms with Crippen molar-refractivity contribution in [2.45, 2.75) is 6.10 Å². The summed E-state index contributed by atoms with van der Waals surface area (Å²) in [5.74, 6) is -0.644. The van der Waals surface area contributed by atoms with E-state index in [1.807, 2.05) is 0 Å². The quantitative estimate of drug-likeness (QED) is 0.765. The molecule has 0 aromatic heterocycles. The highest BCUT2D eigenvalue weighted by atomic mass is 16.3. The average Bonchev–Trinajstić information content (AvgIpc) is 2.51. The number of ketones is 2. The Hall–Kier alpha value is -2.26. The SMILES string of the molecule is O=C1c2ccccc2C(=O)C(O)c2ccccc21. The van der Waals surface area contributed by atoms with Gasteiger partial charge >= 0.3 is 0 Å². The number of aliphatic hydroxyl groups is 1. The molecule has 2 aromatic carbocycles. The average molecular weight is 238 g/mol. The third kappa shape index (κ3) is 1.41. The molecule has 1 aliphatic rings. The maximum Gasteiger partial charge on any atom is 0.196 e. The van der Waals surface area contributed by atoms with Crippen molar-refractivity contribution < 1.29 is 14.7 Å². The zero-order valence-electron chi connectivity index (χ0n) is 9.46. The molecule has 88 valence electrons. The Morgan fingerprint density at radius 3 is 2.06 bits per heavy atom. The molecule has 1 atom stereocenters. The predicted octanol–water partition coefficient (Wildman–Crippen LogP) is 2.15. The van der Waals surface area contributed by atoms with Gasteiger partial charge in [-0.25, -0.2) is 0 Å². The fourth-order valence-electron chi connectivity index (χ4n) is 2.27. The van der Waals surface area contributed by atoms with E-state index in [2.05, 4.69) is 0 Å². The lowest BCUT2D eigenvalue weighted by Crippen LogP contribution is -2.11. The summed E-state index contributed by atoms with van der Waals surface area (Å²) in [6.07, 6.45) is -1.27. The van der Waals surface area contributed by atoms with E-state index in [0.29, 0.717) is 16.7 Å². The molecule has 1 unspecified atom stereocenters. The van der Waals surface area contributed by atoms with E-state index in [1.165, 1.54) is 0 Å². The number of benzene rings is 2. The lowest BCUT2D eigenvalue weighted by molar-refractivity contribution is 0.0748. The summed E-state index contributed by atoms with van der Waals surface area (Å²) in [6.45, 7) is 0. The van der Waals surface area contributed by atoms with Crippen molar-refractivity contribution in [3.8, 4) is 0 Å².